The molecule has 1 aliphatic carbocycles. The molecule has 0 bridgehead atoms. The molecule has 0 aliphatic heterocycles. The first-order valence-corrected chi connectivity index (χ1v) is 11.5. The minimum absolute atomic E-state index is 0.746. The van der Waals surface area contributed by atoms with Crippen molar-refractivity contribution < 1.29 is 0 Å². The van der Waals surface area contributed by atoms with Crippen molar-refractivity contribution >= 4 is 19.8 Å². The summed E-state index contributed by atoms with van der Waals surface area (Å²) < 4.78 is 1.25. The Morgan fingerprint density at radius 1 is 1.00 bits per heavy atom. The molecule has 0 aromatic carbocycles. The molecule has 1 fully saturated rings. The molecule has 0 unspecified atom stereocenters. The number of rotatable bonds is 1. The van der Waals surface area contributed by atoms with E-state index in [0.29, 0.717) is 0 Å². The minimum atomic E-state index is -0.746. The van der Waals surface area contributed by atoms with E-state index in [0.717, 1.165) is 0 Å². The fraction of sp³-hybridized carbons (Fsp3) is 1.00. The van der Waals surface area contributed by atoms with Crippen molar-refractivity contribution in [1.82, 2.24) is 0 Å². The van der Waals surface area contributed by atoms with Crippen molar-refractivity contribution in [1.29, 1.82) is 0 Å². The van der Waals surface area contributed by atoms with Gasteiger partial charge in [-0.2, -0.15) is 0 Å². The van der Waals surface area contributed by atoms with E-state index >= 15 is 0 Å². The molecule has 1 rings (SSSR count). The van der Waals surface area contributed by atoms with Gasteiger partial charge in [-0.3, -0.25) is 0 Å². The summed E-state index contributed by atoms with van der Waals surface area (Å²) in [6, 6.07) is 0. The maximum absolute atomic E-state index is 2.55. The van der Waals surface area contributed by atoms with Gasteiger partial charge in [0.25, 0.3) is 0 Å². The zero-order chi connectivity index (χ0) is 6.69. The third kappa shape index (κ3) is 2.48. The summed E-state index contributed by atoms with van der Waals surface area (Å²) >= 11 is -0.746. The predicted molar refractivity (Wildman–Crippen MR) is 44.3 cm³/mol. The molecule has 0 N–H and O–H groups in total. The van der Waals surface area contributed by atoms with Gasteiger partial charge in [0.05, 0.1) is 0 Å². The monoisotopic (exact) mass is 233 g/mol. The molecule has 0 aromatic rings. The molecule has 1 heteroatoms. The van der Waals surface area contributed by atoms with Crippen LogP contribution in [0.2, 0.25) is 13.8 Å². The average Bonchev–Trinajstić information content (AvgIpc) is 1.90. The molecule has 0 spiro atoms. The van der Waals surface area contributed by atoms with Gasteiger partial charge in [0.1, 0.15) is 0 Å². The Hall–Kier alpha value is 0.799. The van der Waals surface area contributed by atoms with Crippen molar-refractivity contribution in [3.05, 3.63) is 0 Å². The second-order valence-corrected chi connectivity index (χ2v) is 11.9. The van der Waals surface area contributed by atoms with Crippen LogP contribution in [0, 0.1) is 0 Å². The zero-order valence-electron chi connectivity index (χ0n) is 6.61. The van der Waals surface area contributed by atoms with E-state index in [1.54, 1.807) is 12.8 Å². The molecule has 0 atom stereocenters. The van der Waals surface area contributed by atoms with Crippen LogP contribution in [0.4, 0.5) is 0 Å². The van der Waals surface area contributed by atoms with Crippen LogP contribution in [-0.4, -0.2) is 19.8 Å². The summed E-state index contributed by atoms with van der Waals surface area (Å²) in [6.45, 7) is 0. The van der Waals surface area contributed by atoms with E-state index in [2.05, 4.69) is 9.88 Å². The fourth-order valence-electron chi connectivity index (χ4n) is 1.68. The summed E-state index contributed by atoms with van der Waals surface area (Å²) in [6.07, 6.45) is 7.77. The SMILES string of the molecule is [CH3][Sn+]([CH3])[CH]1CCCCC1. The third-order valence-electron chi connectivity index (χ3n) is 2.42. The van der Waals surface area contributed by atoms with Crippen molar-refractivity contribution in [2.24, 2.45) is 0 Å². The molecule has 52 valence electrons. The van der Waals surface area contributed by atoms with Gasteiger partial charge in [0.2, 0.25) is 0 Å². The third-order valence-corrected chi connectivity index (χ3v) is 8.73. The number of hydrogen-bond donors (Lipinski definition) is 0. The van der Waals surface area contributed by atoms with E-state index in [1.807, 2.05) is 0 Å². The Bertz CT molecular complexity index is 72.6. The maximum atomic E-state index is 2.55. The topological polar surface area (TPSA) is 0 Å². The van der Waals surface area contributed by atoms with E-state index in [1.165, 1.54) is 23.2 Å². The second-order valence-electron chi connectivity index (χ2n) is 3.41. The van der Waals surface area contributed by atoms with Gasteiger partial charge in [-0.25, -0.2) is 0 Å². The Morgan fingerprint density at radius 2 is 1.56 bits per heavy atom. The van der Waals surface area contributed by atoms with E-state index in [-0.39, 0.29) is 0 Å². The van der Waals surface area contributed by atoms with Crippen molar-refractivity contribution in [2.45, 2.75) is 45.9 Å². The van der Waals surface area contributed by atoms with Gasteiger partial charge in [-0.15, -0.1) is 0 Å². The Morgan fingerprint density at radius 3 is 1.89 bits per heavy atom. The normalized spacial score (nSPS) is 22.0. The quantitative estimate of drug-likeness (QED) is 0.609. The summed E-state index contributed by atoms with van der Waals surface area (Å²) in [5.74, 6) is 0. The van der Waals surface area contributed by atoms with Gasteiger partial charge in [0, 0.05) is 0 Å². The van der Waals surface area contributed by atoms with Crippen molar-refractivity contribution in [2.75, 3.05) is 0 Å². The average molecular weight is 232 g/mol. The Balaban J connectivity index is 2.23. The van der Waals surface area contributed by atoms with Gasteiger partial charge >= 0.3 is 65.7 Å². The van der Waals surface area contributed by atoms with Gasteiger partial charge < -0.3 is 0 Å². The Labute approximate surface area is 65.8 Å². The van der Waals surface area contributed by atoms with Crippen molar-refractivity contribution in [3.63, 3.8) is 0 Å². The van der Waals surface area contributed by atoms with E-state index < -0.39 is 19.8 Å². The first-order valence-electron chi connectivity index (χ1n) is 4.11. The van der Waals surface area contributed by atoms with Crippen LogP contribution in [0.1, 0.15) is 32.1 Å². The summed E-state index contributed by atoms with van der Waals surface area (Å²) in [5.41, 5.74) is 0. The molecule has 1 aliphatic rings. The van der Waals surface area contributed by atoms with Crippen LogP contribution in [0.15, 0.2) is 0 Å². The molecule has 1 saturated carbocycles. The molecular formula is C8H17Sn+. The molecular weight excluding hydrogens is 215 g/mol. The molecule has 0 saturated heterocycles. The summed E-state index contributed by atoms with van der Waals surface area (Å²) in [5, 5.41) is 0. The van der Waals surface area contributed by atoms with E-state index in [9.17, 15) is 0 Å². The van der Waals surface area contributed by atoms with Gasteiger partial charge in [-0.05, 0) is 0 Å². The molecule has 0 amide bonds. The van der Waals surface area contributed by atoms with E-state index in [4.69, 9.17) is 0 Å². The standard InChI is InChI=1S/C6H11.2CH3.Sn/c1-2-4-6-5-3-1;;;/h1H,2-6H2;2*1H3;/q;;;+1. The van der Waals surface area contributed by atoms with Crippen LogP contribution in [0.3, 0.4) is 0 Å². The molecule has 0 radical (unpaired) electrons. The van der Waals surface area contributed by atoms with Crippen LogP contribution < -0.4 is 0 Å². The first kappa shape index (κ1) is 7.90. The number of hydrogen-bond acceptors (Lipinski definition) is 0. The fourth-order valence-corrected chi connectivity index (χ4v) is 6.14. The van der Waals surface area contributed by atoms with Gasteiger partial charge in [-0.1, -0.05) is 0 Å². The van der Waals surface area contributed by atoms with Crippen LogP contribution >= 0.6 is 0 Å². The molecule has 0 aromatic heterocycles. The van der Waals surface area contributed by atoms with Gasteiger partial charge in [0.15, 0.2) is 0 Å². The van der Waals surface area contributed by atoms with Crippen molar-refractivity contribution in [3.8, 4) is 0 Å². The first-order chi connectivity index (χ1) is 4.30. The predicted octanol–water partition coefficient (Wildman–Crippen LogP) is 3.08. The molecule has 9 heavy (non-hydrogen) atoms. The summed E-state index contributed by atoms with van der Waals surface area (Å²) in [4.78, 5) is 5.11. The molecule has 0 heterocycles. The summed E-state index contributed by atoms with van der Waals surface area (Å²) in [7, 11) is 0. The van der Waals surface area contributed by atoms with Crippen LogP contribution in [0.25, 0.3) is 0 Å². The van der Waals surface area contributed by atoms with Crippen LogP contribution in [0.5, 0.6) is 0 Å². The second kappa shape index (κ2) is 3.84. The molecule has 0 nitrogen and oxygen atoms in total. The Kier molecular flexibility index (Phi) is 3.37. The zero-order valence-corrected chi connectivity index (χ0v) is 9.47. The van der Waals surface area contributed by atoms with Crippen LogP contribution in [-0.2, 0) is 0 Å².